The molecule has 0 aromatic heterocycles. The molecular weight excluding hydrogens is 194 g/mol. The monoisotopic (exact) mass is 211 g/mol. The zero-order chi connectivity index (χ0) is 10.8. The fraction of sp³-hybridized carbons (Fsp3) is 0.818. The predicted octanol–water partition coefficient (Wildman–Crippen LogP) is 0.840. The normalized spacial score (nSPS) is 39.5. The second-order valence-electron chi connectivity index (χ2n) is 4.64. The Morgan fingerprint density at radius 2 is 2.07 bits per heavy atom. The van der Waals surface area contributed by atoms with Gasteiger partial charge in [-0.1, -0.05) is 19.3 Å². The molecule has 2 fully saturated rings. The molecule has 2 N–H and O–H groups in total. The molecule has 2 rings (SSSR count). The van der Waals surface area contributed by atoms with Crippen LogP contribution in [0.2, 0.25) is 0 Å². The van der Waals surface area contributed by atoms with Crippen LogP contribution in [-0.4, -0.2) is 18.5 Å². The molecule has 0 aromatic carbocycles. The lowest BCUT2D eigenvalue weighted by molar-refractivity contribution is -0.139. The standard InChI is InChI=1S/C11H17NO3/c12-11(14)10-8-4-2-1-3-7(8)5-9(10)15-6-13/h6-10H,1-5H2,(H2,12,14). The zero-order valence-corrected chi connectivity index (χ0v) is 8.72. The highest BCUT2D eigenvalue weighted by molar-refractivity contribution is 5.78. The van der Waals surface area contributed by atoms with Crippen LogP contribution in [0.15, 0.2) is 0 Å². The van der Waals surface area contributed by atoms with Gasteiger partial charge in [-0.15, -0.1) is 0 Å². The Hall–Kier alpha value is -1.06. The van der Waals surface area contributed by atoms with E-state index in [1.54, 1.807) is 0 Å². The number of hydrogen-bond donors (Lipinski definition) is 1. The number of nitrogens with two attached hydrogens (primary N) is 1. The van der Waals surface area contributed by atoms with E-state index in [-0.39, 0.29) is 17.9 Å². The number of carbonyl (C=O) groups is 2. The lowest BCUT2D eigenvalue weighted by Crippen LogP contribution is -2.36. The van der Waals surface area contributed by atoms with Gasteiger partial charge in [-0.2, -0.15) is 0 Å². The Balaban J connectivity index is 2.13. The summed E-state index contributed by atoms with van der Waals surface area (Å²) in [7, 11) is 0. The minimum Gasteiger partial charge on any atom is -0.464 e. The fourth-order valence-corrected chi connectivity index (χ4v) is 3.33. The quantitative estimate of drug-likeness (QED) is 0.703. The minimum absolute atomic E-state index is 0.250. The predicted molar refractivity (Wildman–Crippen MR) is 53.7 cm³/mol. The highest BCUT2D eigenvalue weighted by Crippen LogP contribution is 2.46. The maximum absolute atomic E-state index is 11.4. The number of ether oxygens (including phenoxy) is 1. The number of rotatable bonds is 3. The number of carbonyl (C=O) groups excluding carboxylic acids is 2. The lowest BCUT2D eigenvalue weighted by atomic mass is 9.78. The summed E-state index contributed by atoms with van der Waals surface area (Å²) in [5.74, 6) is 0.319. The van der Waals surface area contributed by atoms with Gasteiger partial charge in [0.2, 0.25) is 5.91 Å². The highest BCUT2D eigenvalue weighted by atomic mass is 16.5. The number of primary amides is 1. The van der Waals surface area contributed by atoms with Crippen LogP contribution in [-0.2, 0) is 14.3 Å². The smallest absolute Gasteiger partial charge is 0.293 e. The molecule has 4 unspecified atom stereocenters. The minimum atomic E-state index is -0.309. The van der Waals surface area contributed by atoms with Crippen molar-refractivity contribution >= 4 is 12.4 Å². The van der Waals surface area contributed by atoms with E-state index in [1.807, 2.05) is 0 Å². The van der Waals surface area contributed by atoms with E-state index in [9.17, 15) is 9.59 Å². The van der Waals surface area contributed by atoms with Gasteiger partial charge in [-0.25, -0.2) is 0 Å². The van der Waals surface area contributed by atoms with Crippen molar-refractivity contribution in [2.75, 3.05) is 0 Å². The van der Waals surface area contributed by atoms with Crippen LogP contribution in [0.1, 0.15) is 32.1 Å². The van der Waals surface area contributed by atoms with E-state index in [0.29, 0.717) is 18.3 Å². The SMILES string of the molecule is NC(=O)C1C(OC=O)CC2CCCCC21. The third kappa shape index (κ3) is 1.85. The van der Waals surface area contributed by atoms with Gasteiger partial charge in [0, 0.05) is 0 Å². The molecular formula is C11H17NO3. The summed E-state index contributed by atoms with van der Waals surface area (Å²) < 4.78 is 4.99. The number of fused-ring (bicyclic) bond motifs is 1. The first-order valence-corrected chi connectivity index (χ1v) is 5.62. The molecule has 4 heteroatoms. The summed E-state index contributed by atoms with van der Waals surface area (Å²) in [6, 6.07) is 0. The van der Waals surface area contributed by atoms with Crippen molar-refractivity contribution in [1.82, 2.24) is 0 Å². The molecule has 4 nitrogen and oxygen atoms in total. The van der Waals surface area contributed by atoms with Crippen LogP contribution < -0.4 is 5.73 Å². The summed E-state index contributed by atoms with van der Waals surface area (Å²) in [4.78, 5) is 21.7. The number of amides is 1. The number of hydrogen-bond acceptors (Lipinski definition) is 3. The summed E-state index contributed by atoms with van der Waals surface area (Å²) in [5, 5.41) is 0. The van der Waals surface area contributed by atoms with Gasteiger partial charge in [0.05, 0.1) is 5.92 Å². The molecule has 0 radical (unpaired) electrons. The molecule has 1 amide bonds. The molecule has 84 valence electrons. The van der Waals surface area contributed by atoms with Crippen molar-refractivity contribution in [2.24, 2.45) is 23.5 Å². The second-order valence-corrected chi connectivity index (χ2v) is 4.64. The molecule has 0 aliphatic heterocycles. The van der Waals surface area contributed by atoms with Gasteiger partial charge < -0.3 is 10.5 Å². The average molecular weight is 211 g/mol. The molecule has 0 aromatic rings. The van der Waals surface area contributed by atoms with Crippen LogP contribution in [0.25, 0.3) is 0 Å². The van der Waals surface area contributed by atoms with Gasteiger partial charge in [-0.05, 0) is 24.7 Å². The van der Waals surface area contributed by atoms with Crippen LogP contribution in [0, 0.1) is 17.8 Å². The van der Waals surface area contributed by atoms with Gasteiger partial charge in [0.25, 0.3) is 6.47 Å². The first-order chi connectivity index (χ1) is 7.24. The molecule has 0 saturated heterocycles. The van der Waals surface area contributed by atoms with Crippen LogP contribution in [0.5, 0.6) is 0 Å². The van der Waals surface area contributed by atoms with Crippen LogP contribution in [0.3, 0.4) is 0 Å². The second kappa shape index (κ2) is 4.21. The van der Waals surface area contributed by atoms with E-state index in [4.69, 9.17) is 10.5 Å². The molecule has 0 heterocycles. The Bertz CT molecular complexity index is 267. The Labute approximate surface area is 89.2 Å². The van der Waals surface area contributed by atoms with E-state index in [2.05, 4.69) is 0 Å². The summed E-state index contributed by atoms with van der Waals surface area (Å²) >= 11 is 0. The molecule has 2 aliphatic rings. The van der Waals surface area contributed by atoms with E-state index < -0.39 is 0 Å². The zero-order valence-electron chi connectivity index (χ0n) is 8.72. The Kier molecular flexibility index (Phi) is 2.93. The maximum atomic E-state index is 11.4. The van der Waals surface area contributed by atoms with Gasteiger partial charge in [-0.3, -0.25) is 9.59 Å². The third-order valence-corrected chi connectivity index (χ3v) is 3.92. The van der Waals surface area contributed by atoms with Gasteiger partial charge >= 0.3 is 0 Å². The summed E-state index contributed by atoms with van der Waals surface area (Å²) in [6.45, 7) is 0.442. The van der Waals surface area contributed by atoms with Crippen molar-refractivity contribution in [3.05, 3.63) is 0 Å². The summed E-state index contributed by atoms with van der Waals surface area (Å²) in [5.41, 5.74) is 5.39. The van der Waals surface area contributed by atoms with Crippen molar-refractivity contribution < 1.29 is 14.3 Å². The molecule has 2 saturated carbocycles. The van der Waals surface area contributed by atoms with Gasteiger partial charge in [0.15, 0.2) is 0 Å². The molecule has 4 atom stereocenters. The van der Waals surface area contributed by atoms with Crippen LogP contribution in [0.4, 0.5) is 0 Å². The average Bonchev–Trinajstić information content (AvgIpc) is 2.56. The third-order valence-electron chi connectivity index (χ3n) is 3.92. The highest BCUT2D eigenvalue weighted by Gasteiger charge is 2.47. The van der Waals surface area contributed by atoms with Crippen molar-refractivity contribution in [3.63, 3.8) is 0 Å². The Morgan fingerprint density at radius 1 is 1.33 bits per heavy atom. The van der Waals surface area contributed by atoms with Crippen molar-refractivity contribution in [1.29, 1.82) is 0 Å². The first-order valence-electron chi connectivity index (χ1n) is 5.62. The van der Waals surface area contributed by atoms with Gasteiger partial charge in [0.1, 0.15) is 6.10 Å². The van der Waals surface area contributed by atoms with E-state index in [0.717, 1.165) is 19.3 Å². The van der Waals surface area contributed by atoms with Crippen molar-refractivity contribution in [2.45, 2.75) is 38.2 Å². The molecule has 0 bridgehead atoms. The van der Waals surface area contributed by atoms with Crippen LogP contribution >= 0.6 is 0 Å². The summed E-state index contributed by atoms with van der Waals surface area (Å²) in [6.07, 6.45) is 5.13. The first kappa shape index (κ1) is 10.5. The van der Waals surface area contributed by atoms with E-state index in [1.165, 1.54) is 12.8 Å². The van der Waals surface area contributed by atoms with Crippen molar-refractivity contribution in [3.8, 4) is 0 Å². The topological polar surface area (TPSA) is 69.4 Å². The fourth-order valence-electron chi connectivity index (χ4n) is 3.33. The maximum Gasteiger partial charge on any atom is 0.293 e. The molecule has 2 aliphatic carbocycles. The molecule has 0 spiro atoms. The van der Waals surface area contributed by atoms with E-state index >= 15 is 0 Å². The Morgan fingerprint density at radius 3 is 2.73 bits per heavy atom. The lowest BCUT2D eigenvalue weighted by Gasteiger charge is -2.27. The molecule has 15 heavy (non-hydrogen) atoms. The largest absolute Gasteiger partial charge is 0.464 e.